The molecule has 1 N–H and O–H groups in total. The fourth-order valence-corrected chi connectivity index (χ4v) is 1.80. The number of hydrogen-bond acceptors (Lipinski definition) is 5. The molecule has 2 aromatic rings. The van der Waals surface area contributed by atoms with Gasteiger partial charge in [0.25, 0.3) is 0 Å². The van der Waals surface area contributed by atoms with Crippen molar-refractivity contribution in [3.63, 3.8) is 0 Å². The van der Waals surface area contributed by atoms with E-state index in [0.29, 0.717) is 23.1 Å². The van der Waals surface area contributed by atoms with Crippen LogP contribution in [0.3, 0.4) is 0 Å². The first-order chi connectivity index (χ1) is 9.22. The molecule has 0 aliphatic carbocycles. The number of fused-ring (bicyclic) bond motifs is 1. The van der Waals surface area contributed by atoms with E-state index in [1.54, 1.807) is 43.5 Å². The maximum absolute atomic E-state index is 9.52. The standard InChI is InChI=1S/C14H13NO4/c1-9(16)10-4-5-15-14(6-10)19-11-2-3-12-13(7-11)18-8-17-12/h2-7,9,16H,8H2,1H3/t9-/m1/s1. The molecule has 0 saturated heterocycles. The van der Waals surface area contributed by atoms with Crippen molar-refractivity contribution in [2.75, 3.05) is 6.79 Å². The Balaban J connectivity index is 1.83. The Labute approximate surface area is 110 Å². The molecule has 5 nitrogen and oxygen atoms in total. The lowest BCUT2D eigenvalue weighted by molar-refractivity contribution is 0.174. The van der Waals surface area contributed by atoms with E-state index in [4.69, 9.17) is 14.2 Å². The average molecular weight is 259 g/mol. The highest BCUT2D eigenvalue weighted by molar-refractivity contribution is 5.47. The number of benzene rings is 1. The number of ether oxygens (including phenoxy) is 3. The van der Waals surface area contributed by atoms with Gasteiger partial charge in [-0.25, -0.2) is 4.98 Å². The van der Waals surface area contributed by atoms with Gasteiger partial charge in [0.2, 0.25) is 12.7 Å². The molecule has 0 unspecified atom stereocenters. The second-order valence-electron chi connectivity index (χ2n) is 4.22. The van der Waals surface area contributed by atoms with Crippen molar-refractivity contribution in [1.29, 1.82) is 0 Å². The van der Waals surface area contributed by atoms with Crippen LogP contribution in [-0.4, -0.2) is 16.9 Å². The molecule has 0 bridgehead atoms. The Hall–Kier alpha value is -2.27. The van der Waals surface area contributed by atoms with Gasteiger partial charge in [0, 0.05) is 18.3 Å². The summed E-state index contributed by atoms with van der Waals surface area (Å²) in [6.07, 6.45) is 1.05. The number of hydrogen-bond donors (Lipinski definition) is 1. The molecular weight excluding hydrogens is 246 g/mol. The van der Waals surface area contributed by atoms with Crippen molar-refractivity contribution in [3.05, 3.63) is 42.1 Å². The zero-order valence-corrected chi connectivity index (χ0v) is 10.4. The maximum atomic E-state index is 9.52. The number of nitrogens with zero attached hydrogens (tertiary/aromatic N) is 1. The van der Waals surface area contributed by atoms with E-state index in [2.05, 4.69) is 4.98 Å². The second-order valence-corrected chi connectivity index (χ2v) is 4.22. The van der Waals surface area contributed by atoms with E-state index in [0.717, 1.165) is 5.56 Å². The van der Waals surface area contributed by atoms with Crippen LogP contribution in [0.4, 0.5) is 0 Å². The van der Waals surface area contributed by atoms with Crippen molar-refractivity contribution in [2.45, 2.75) is 13.0 Å². The summed E-state index contributed by atoms with van der Waals surface area (Å²) >= 11 is 0. The third-order valence-electron chi connectivity index (χ3n) is 2.81. The zero-order chi connectivity index (χ0) is 13.2. The van der Waals surface area contributed by atoms with Gasteiger partial charge in [-0.1, -0.05) is 0 Å². The number of aromatic nitrogens is 1. The Morgan fingerprint density at radius 2 is 2.05 bits per heavy atom. The van der Waals surface area contributed by atoms with Crippen LogP contribution in [0.1, 0.15) is 18.6 Å². The van der Waals surface area contributed by atoms with E-state index in [1.165, 1.54) is 0 Å². The summed E-state index contributed by atoms with van der Waals surface area (Å²) in [7, 11) is 0. The van der Waals surface area contributed by atoms with Crippen molar-refractivity contribution in [1.82, 2.24) is 4.98 Å². The first-order valence-electron chi connectivity index (χ1n) is 5.94. The molecule has 1 atom stereocenters. The first-order valence-corrected chi connectivity index (χ1v) is 5.94. The molecular formula is C14H13NO4. The quantitative estimate of drug-likeness (QED) is 0.918. The molecule has 0 radical (unpaired) electrons. The fraction of sp³-hybridized carbons (Fsp3) is 0.214. The molecule has 5 heteroatoms. The van der Waals surface area contributed by atoms with Gasteiger partial charge in [-0.2, -0.15) is 0 Å². The lowest BCUT2D eigenvalue weighted by Gasteiger charge is -2.08. The van der Waals surface area contributed by atoms with Gasteiger partial charge in [-0.3, -0.25) is 0 Å². The van der Waals surface area contributed by atoms with Crippen LogP contribution in [0.25, 0.3) is 0 Å². The Bertz CT molecular complexity index is 598. The Morgan fingerprint density at radius 3 is 2.89 bits per heavy atom. The molecule has 0 spiro atoms. The molecule has 0 saturated carbocycles. The molecule has 98 valence electrons. The van der Waals surface area contributed by atoms with E-state index < -0.39 is 6.10 Å². The maximum Gasteiger partial charge on any atom is 0.231 e. The second kappa shape index (κ2) is 4.78. The molecule has 0 fully saturated rings. The molecule has 2 heterocycles. The minimum atomic E-state index is -0.554. The van der Waals surface area contributed by atoms with Crippen LogP contribution in [0, 0.1) is 0 Å². The van der Waals surface area contributed by atoms with Gasteiger partial charge in [0.15, 0.2) is 11.5 Å². The van der Waals surface area contributed by atoms with Crippen LogP contribution < -0.4 is 14.2 Å². The third kappa shape index (κ3) is 2.46. The minimum Gasteiger partial charge on any atom is -0.454 e. The number of aliphatic hydroxyl groups is 1. The summed E-state index contributed by atoms with van der Waals surface area (Å²) < 4.78 is 16.1. The first kappa shape index (κ1) is 11.8. The van der Waals surface area contributed by atoms with E-state index >= 15 is 0 Å². The summed E-state index contributed by atoms with van der Waals surface area (Å²) in [4.78, 5) is 4.11. The predicted octanol–water partition coefficient (Wildman–Crippen LogP) is 2.66. The number of rotatable bonds is 3. The summed E-state index contributed by atoms with van der Waals surface area (Å²) in [6.45, 7) is 1.92. The van der Waals surface area contributed by atoms with Gasteiger partial charge in [0.1, 0.15) is 5.75 Å². The molecule has 1 aliphatic heterocycles. The van der Waals surface area contributed by atoms with E-state index in [1.807, 2.05) is 0 Å². The predicted molar refractivity (Wildman–Crippen MR) is 67.5 cm³/mol. The van der Waals surface area contributed by atoms with Crippen LogP contribution in [0.15, 0.2) is 36.5 Å². The SMILES string of the molecule is C[C@@H](O)c1ccnc(Oc2ccc3c(c2)OCO3)c1. The van der Waals surface area contributed by atoms with Crippen LogP contribution in [0.5, 0.6) is 23.1 Å². The molecule has 1 aromatic heterocycles. The van der Waals surface area contributed by atoms with Gasteiger partial charge < -0.3 is 19.3 Å². The normalized spacial score (nSPS) is 14.2. The molecule has 3 rings (SSSR count). The summed E-state index contributed by atoms with van der Waals surface area (Å²) in [5.41, 5.74) is 0.755. The highest BCUT2D eigenvalue weighted by Crippen LogP contribution is 2.36. The largest absolute Gasteiger partial charge is 0.454 e. The highest BCUT2D eigenvalue weighted by Gasteiger charge is 2.14. The van der Waals surface area contributed by atoms with Gasteiger partial charge >= 0.3 is 0 Å². The highest BCUT2D eigenvalue weighted by atomic mass is 16.7. The topological polar surface area (TPSA) is 60.8 Å². The van der Waals surface area contributed by atoms with Gasteiger partial charge in [0.05, 0.1) is 6.10 Å². The van der Waals surface area contributed by atoms with Crippen LogP contribution in [0.2, 0.25) is 0 Å². The number of aliphatic hydroxyl groups excluding tert-OH is 1. The van der Waals surface area contributed by atoms with Crippen LogP contribution in [-0.2, 0) is 0 Å². The Kier molecular flexibility index (Phi) is 2.97. The van der Waals surface area contributed by atoms with Crippen molar-refractivity contribution in [2.24, 2.45) is 0 Å². The average Bonchev–Trinajstić information content (AvgIpc) is 2.86. The van der Waals surface area contributed by atoms with Crippen LogP contribution >= 0.6 is 0 Å². The molecule has 0 amide bonds. The lowest BCUT2D eigenvalue weighted by atomic mass is 10.2. The van der Waals surface area contributed by atoms with E-state index in [9.17, 15) is 5.11 Å². The minimum absolute atomic E-state index is 0.231. The van der Waals surface area contributed by atoms with Gasteiger partial charge in [-0.05, 0) is 30.7 Å². The summed E-state index contributed by atoms with van der Waals surface area (Å²) in [5.74, 6) is 2.40. The van der Waals surface area contributed by atoms with Crippen molar-refractivity contribution in [3.8, 4) is 23.1 Å². The van der Waals surface area contributed by atoms with E-state index in [-0.39, 0.29) is 6.79 Å². The van der Waals surface area contributed by atoms with Crippen molar-refractivity contribution < 1.29 is 19.3 Å². The smallest absolute Gasteiger partial charge is 0.231 e. The third-order valence-corrected chi connectivity index (χ3v) is 2.81. The fourth-order valence-electron chi connectivity index (χ4n) is 1.80. The summed E-state index contributed by atoms with van der Waals surface area (Å²) in [6, 6.07) is 8.77. The monoisotopic (exact) mass is 259 g/mol. The molecule has 1 aromatic carbocycles. The molecule has 19 heavy (non-hydrogen) atoms. The Morgan fingerprint density at radius 1 is 1.21 bits per heavy atom. The van der Waals surface area contributed by atoms with Crippen molar-refractivity contribution >= 4 is 0 Å². The lowest BCUT2D eigenvalue weighted by Crippen LogP contribution is -1.94. The molecule has 1 aliphatic rings. The van der Waals surface area contributed by atoms with Gasteiger partial charge in [-0.15, -0.1) is 0 Å². The number of pyridine rings is 1. The summed E-state index contributed by atoms with van der Waals surface area (Å²) in [5, 5.41) is 9.52. The zero-order valence-electron chi connectivity index (χ0n) is 10.4.